The van der Waals surface area contributed by atoms with Gasteiger partial charge in [0.05, 0.1) is 5.69 Å². The molecule has 8 nitrogen and oxygen atoms in total. The number of aromatic hydroxyl groups is 2. The highest BCUT2D eigenvalue weighted by Gasteiger charge is 2.31. The predicted octanol–water partition coefficient (Wildman–Crippen LogP) is 0.982. The second-order valence-corrected chi connectivity index (χ2v) is 6.36. The molecule has 7 N–H and O–H groups in total. The standard InChI is InChI=1S/C14H16NO7P/c16-10-3-1-9(2-4-10)8-14(18,19)12-6-5-11(17)7-13(12)15-23(20,21)22/h1-7,16-19H,8H2,(H3,15,20,21,22). The molecule has 0 saturated heterocycles. The van der Waals surface area contributed by atoms with E-state index in [1.807, 2.05) is 5.09 Å². The molecule has 0 saturated carbocycles. The van der Waals surface area contributed by atoms with Gasteiger partial charge >= 0.3 is 7.75 Å². The molecule has 0 amide bonds. The molecule has 23 heavy (non-hydrogen) atoms. The summed E-state index contributed by atoms with van der Waals surface area (Å²) in [5.74, 6) is -2.74. The van der Waals surface area contributed by atoms with E-state index >= 15 is 0 Å². The van der Waals surface area contributed by atoms with Crippen LogP contribution in [-0.4, -0.2) is 30.2 Å². The number of hydrogen-bond donors (Lipinski definition) is 7. The van der Waals surface area contributed by atoms with E-state index in [0.717, 1.165) is 18.2 Å². The van der Waals surface area contributed by atoms with Crippen molar-refractivity contribution in [1.82, 2.24) is 0 Å². The third-order valence-corrected chi connectivity index (χ3v) is 3.62. The fourth-order valence-electron chi connectivity index (χ4n) is 2.12. The van der Waals surface area contributed by atoms with E-state index in [0.29, 0.717) is 5.56 Å². The highest BCUT2D eigenvalue weighted by atomic mass is 31.2. The zero-order chi connectivity index (χ0) is 17.3. The average molecular weight is 341 g/mol. The lowest BCUT2D eigenvalue weighted by Gasteiger charge is -2.25. The largest absolute Gasteiger partial charge is 0.508 e. The van der Waals surface area contributed by atoms with Crippen LogP contribution in [0.1, 0.15) is 11.1 Å². The van der Waals surface area contributed by atoms with E-state index in [9.17, 15) is 25.0 Å². The minimum Gasteiger partial charge on any atom is -0.508 e. The van der Waals surface area contributed by atoms with Crippen LogP contribution in [0.3, 0.4) is 0 Å². The first-order valence-corrected chi connectivity index (χ1v) is 8.08. The maximum Gasteiger partial charge on any atom is 0.427 e. The van der Waals surface area contributed by atoms with Gasteiger partial charge in [0.25, 0.3) is 0 Å². The lowest BCUT2D eigenvalue weighted by molar-refractivity contribution is -0.167. The maximum absolute atomic E-state index is 11.1. The molecule has 0 fully saturated rings. The van der Waals surface area contributed by atoms with Gasteiger partial charge in [0.15, 0.2) is 5.79 Å². The number of phenolic OH excluding ortho intramolecular Hbond substituents is 2. The summed E-state index contributed by atoms with van der Waals surface area (Å²) in [4.78, 5) is 18.0. The van der Waals surface area contributed by atoms with E-state index in [4.69, 9.17) is 9.79 Å². The third-order valence-electron chi connectivity index (χ3n) is 3.09. The maximum atomic E-state index is 11.1. The average Bonchev–Trinajstić information content (AvgIpc) is 2.39. The molecule has 2 rings (SSSR count). The van der Waals surface area contributed by atoms with Gasteiger partial charge in [-0.25, -0.2) is 4.57 Å². The summed E-state index contributed by atoms with van der Waals surface area (Å²) in [6.45, 7) is 0. The van der Waals surface area contributed by atoms with E-state index in [-0.39, 0.29) is 29.2 Å². The van der Waals surface area contributed by atoms with Crippen molar-refractivity contribution in [3.8, 4) is 11.5 Å². The van der Waals surface area contributed by atoms with Gasteiger partial charge in [-0.3, -0.25) is 5.09 Å². The van der Waals surface area contributed by atoms with Crippen LogP contribution in [0, 0.1) is 0 Å². The molecule has 0 aliphatic rings. The lowest BCUT2D eigenvalue weighted by atomic mass is 9.96. The molecule has 9 heteroatoms. The second kappa shape index (κ2) is 6.19. The molecule has 124 valence electrons. The molecule has 0 spiro atoms. The Bertz CT molecular complexity index is 739. The number of benzene rings is 2. The van der Waals surface area contributed by atoms with Gasteiger partial charge < -0.3 is 30.2 Å². The monoisotopic (exact) mass is 341 g/mol. The third kappa shape index (κ3) is 4.69. The fourth-order valence-corrected chi connectivity index (χ4v) is 2.62. The van der Waals surface area contributed by atoms with Gasteiger partial charge in [0, 0.05) is 18.1 Å². The molecule has 0 atom stereocenters. The van der Waals surface area contributed by atoms with Crippen molar-refractivity contribution in [2.24, 2.45) is 0 Å². The van der Waals surface area contributed by atoms with Crippen LogP contribution < -0.4 is 5.09 Å². The lowest BCUT2D eigenvalue weighted by Crippen LogP contribution is -2.29. The molecule has 2 aromatic rings. The summed E-state index contributed by atoms with van der Waals surface area (Å²) in [7, 11) is -4.71. The number of phenols is 2. The summed E-state index contributed by atoms with van der Waals surface area (Å²) < 4.78 is 11.1. The predicted molar refractivity (Wildman–Crippen MR) is 81.7 cm³/mol. The molecule has 0 heterocycles. The molecule has 0 bridgehead atoms. The van der Waals surface area contributed by atoms with Crippen molar-refractivity contribution in [2.45, 2.75) is 12.2 Å². The minimum atomic E-state index is -4.71. The molecule has 0 unspecified atom stereocenters. The highest BCUT2D eigenvalue weighted by Crippen LogP contribution is 2.41. The van der Waals surface area contributed by atoms with E-state index in [1.54, 1.807) is 0 Å². The first-order valence-electron chi connectivity index (χ1n) is 6.47. The zero-order valence-electron chi connectivity index (χ0n) is 11.8. The molecular formula is C14H16NO7P. The molecule has 0 radical (unpaired) electrons. The Labute approximate surface area is 131 Å². The van der Waals surface area contributed by atoms with Crippen molar-refractivity contribution in [3.05, 3.63) is 53.6 Å². The Morgan fingerprint density at radius 3 is 2.09 bits per heavy atom. The second-order valence-electron chi connectivity index (χ2n) is 5.05. The highest BCUT2D eigenvalue weighted by molar-refractivity contribution is 7.53. The summed E-state index contributed by atoms with van der Waals surface area (Å²) in [6.07, 6.45) is -0.298. The van der Waals surface area contributed by atoms with Crippen LogP contribution in [0.2, 0.25) is 0 Å². The van der Waals surface area contributed by atoms with Crippen LogP contribution in [0.4, 0.5) is 5.69 Å². The van der Waals surface area contributed by atoms with Gasteiger partial charge in [0.1, 0.15) is 11.5 Å². The molecule has 0 aliphatic heterocycles. The Hall–Kier alpha value is -2.09. The van der Waals surface area contributed by atoms with Crippen molar-refractivity contribution >= 4 is 13.4 Å². The molecular weight excluding hydrogens is 325 g/mol. The summed E-state index contributed by atoms with van der Waals surface area (Å²) in [5, 5.41) is 41.1. The molecule has 0 aliphatic carbocycles. The van der Waals surface area contributed by atoms with Crippen LogP contribution in [0.5, 0.6) is 11.5 Å². The van der Waals surface area contributed by atoms with E-state index in [1.165, 1.54) is 24.3 Å². The zero-order valence-corrected chi connectivity index (χ0v) is 12.7. The van der Waals surface area contributed by atoms with Crippen LogP contribution in [-0.2, 0) is 16.8 Å². The Balaban J connectivity index is 2.38. The van der Waals surface area contributed by atoms with Gasteiger partial charge in [-0.15, -0.1) is 0 Å². The van der Waals surface area contributed by atoms with Crippen molar-refractivity contribution < 1.29 is 34.8 Å². The number of aliphatic hydroxyl groups is 2. The van der Waals surface area contributed by atoms with Crippen LogP contribution in [0.25, 0.3) is 0 Å². The van der Waals surface area contributed by atoms with Crippen LogP contribution >= 0.6 is 7.75 Å². The minimum absolute atomic E-state index is 0.0173. The Morgan fingerprint density at radius 1 is 0.957 bits per heavy atom. The first kappa shape index (κ1) is 17.3. The van der Waals surface area contributed by atoms with Gasteiger partial charge in [-0.05, 0) is 29.8 Å². The fraction of sp³-hybridized carbons (Fsp3) is 0.143. The van der Waals surface area contributed by atoms with Crippen molar-refractivity contribution in [2.75, 3.05) is 5.09 Å². The van der Waals surface area contributed by atoms with Crippen molar-refractivity contribution in [1.29, 1.82) is 0 Å². The molecule has 0 aromatic heterocycles. The normalized spacial score (nSPS) is 12.2. The Kier molecular flexibility index (Phi) is 4.65. The van der Waals surface area contributed by atoms with E-state index in [2.05, 4.69) is 0 Å². The smallest absolute Gasteiger partial charge is 0.427 e. The quantitative estimate of drug-likeness (QED) is 0.314. The van der Waals surface area contributed by atoms with E-state index < -0.39 is 13.5 Å². The SMILES string of the molecule is O=P(O)(O)Nc1cc(O)ccc1C(O)(O)Cc1ccc(O)cc1. The summed E-state index contributed by atoms with van der Waals surface area (Å²) >= 11 is 0. The van der Waals surface area contributed by atoms with Gasteiger partial charge in [-0.2, -0.15) is 0 Å². The van der Waals surface area contributed by atoms with Crippen molar-refractivity contribution in [3.63, 3.8) is 0 Å². The number of rotatable bonds is 5. The van der Waals surface area contributed by atoms with Crippen LogP contribution in [0.15, 0.2) is 42.5 Å². The van der Waals surface area contributed by atoms with Gasteiger partial charge in [0.2, 0.25) is 0 Å². The topological polar surface area (TPSA) is 150 Å². The summed E-state index contributed by atoms with van der Waals surface area (Å²) in [6, 6.07) is 8.99. The van der Waals surface area contributed by atoms with Gasteiger partial charge in [-0.1, -0.05) is 12.1 Å². The Morgan fingerprint density at radius 2 is 1.52 bits per heavy atom. The number of nitrogens with one attached hydrogen (secondary N) is 1. The number of anilines is 1. The first-order chi connectivity index (χ1) is 10.6. The number of hydrogen-bond acceptors (Lipinski definition) is 5. The summed E-state index contributed by atoms with van der Waals surface area (Å²) in [5.41, 5.74) is -0.0446. The molecule has 2 aromatic carbocycles.